The van der Waals surface area contributed by atoms with Crippen LogP contribution in [-0.4, -0.2) is 23.1 Å². The van der Waals surface area contributed by atoms with E-state index < -0.39 is 0 Å². The number of rotatable bonds is 1. The molecule has 0 atom stereocenters. The highest BCUT2D eigenvalue weighted by Gasteiger charge is 2.21. The number of aromatic nitrogens is 1. The second-order valence-electron chi connectivity index (χ2n) is 5.29. The second kappa shape index (κ2) is 4.29. The van der Waals surface area contributed by atoms with Crippen molar-refractivity contribution in [2.75, 3.05) is 13.6 Å². The van der Waals surface area contributed by atoms with Gasteiger partial charge < -0.3 is 9.47 Å². The average molecular weight is 240 g/mol. The Morgan fingerprint density at radius 3 is 2.89 bits per heavy atom. The van der Waals surface area contributed by atoms with Crippen molar-refractivity contribution in [1.82, 2.24) is 9.47 Å². The van der Waals surface area contributed by atoms with Crippen molar-refractivity contribution < 1.29 is 0 Å². The van der Waals surface area contributed by atoms with Gasteiger partial charge in [-0.2, -0.15) is 0 Å². The maximum Gasteiger partial charge on any atom is 0.0528 e. The van der Waals surface area contributed by atoms with Gasteiger partial charge in [-0.3, -0.25) is 0 Å². The summed E-state index contributed by atoms with van der Waals surface area (Å²) < 4.78 is 2.37. The molecule has 0 saturated carbocycles. The van der Waals surface area contributed by atoms with Gasteiger partial charge in [-0.25, -0.2) is 0 Å². The number of allylic oxidation sites excluding steroid dienone is 1. The van der Waals surface area contributed by atoms with Gasteiger partial charge in [0.25, 0.3) is 0 Å². The molecular formula is C16H20N2. The lowest BCUT2D eigenvalue weighted by Gasteiger charge is -2.23. The molecule has 0 N–H and O–H groups in total. The quantitative estimate of drug-likeness (QED) is 0.741. The number of hydrogen-bond donors (Lipinski definition) is 0. The first-order valence-electron chi connectivity index (χ1n) is 6.64. The molecule has 0 unspecified atom stereocenters. The monoisotopic (exact) mass is 240 g/mol. The summed E-state index contributed by atoms with van der Waals surface area (Å²) in [5.74, 6) is 0. The normalized spacial score (nSPS) is 16.6. The Hall–Kier alpha value is -1.54. The predicted molar refractivity (Wildman–Crippen MR) is 77.7 cm³/mol. The van der Waals surface area contributed by atoms with Crippen molar-refractivity contribution in [3.8, 4) is 0 Å². The van der Waals surface area contributed by atoms with E-state index in [4.69, 9.17) is 0 Å². The SMILES string of the molecule is CC=Cn1c2c(c3cc(C)ccc31)CN(C)CC2. The minimum Gasteiger partial charge on any atom is -0.320 e. The zero-order chi connectivity index (χ0) is 12.7. The fourth-order valence-electron chi connectivity index (χ4n) is 2.96. The summed E-state index contributed by atoms with van der Waals surface area (Å²) in [5.41, 5.74) is 5.70. The molecule has 0 bridgehead atoms. The van der Waals surface area contributed by atoms with Crippen LogP contribution in [0.3, 0.4) is 0 Å². The lowest BCUT2D eigenvalue weighted by Crippen LogP contribution is -2.26. The molecule has 2 aromatic rings. The number of hydrogen-bond acceptors (Lipinski definition) is 1. The van der Waals surface area contributed by atoms with Crippen molar-refractivity contribution in [2.24, 2.45) is 0 Å². The van der Waals surface area contributed by atoms with Crippen molar-refractivity contribution in [2.45, 2.75) is 26.8 Å². The van der Waals surface area contributed by atoms with Crippen LogP contribution in [0.15, 0.2) is 24.3 Å². The molecule has 0 saturated heterocycles. The summed E-state index contributed by atoms with van der Waals surface area (Å²) in [5, 5.41) is 1.43. The van der Waals surface area contributed by atoms with E-state index in [-0.39, 0.29) is 0 Å². The van der Waals surface area contributed by atoms with E-state index in [2.05, 4.69) is 60.8 Å². The van der Waals surface area contributed by atoms with E-state index in [1.54, 1.807) is 0 Å². The molecule has 2 heterocycles. The molecule has 3 rings (SSSR count). The fraction of sp³-hybridized carbons (Fsp3) is 0.375. The first-order chi connectivity index (χ1) is 8.70. The molecule has 2 nitrogen and oxygen atoms in total. The van der Waals surface area contributed by atoms with E-state index in [1.807, 2.05) is 0 Å². The van der Waals surface area contributed by atoms with E-state index in [9.17, 15) is 0 Å². The summed E-state index contributed by atoms with van der Waals surface area (Å²) in [7, 11) is 2.21. The van der Waals surface area contributed by atoms with Crippen LogP contribution in [0.1, 0.15) is 23.7 Å². The summed E-state index contributed by atoms with van der Waals surface area (Å²) in [6.07, 6.45) is 5.46. The van der Waals surface area contributed by atoms with Crippen LogP contribution in [0.25, 0.3) is 17.1 Å². The number of nitrogens with zero attached hydrogens (tertiary/aromatic N) is 2. The second-order valence-corrected chi connectivity index (χ2v) is 5.29. The largest absolute Gasteiger partial charge is 0.320 e. The Morgan fingerprint density at radius 1 is 1.28 bits per heavy atom. The molecule has 1 aliphatic heterocycles. The Kier molecular flexibility index (Phi) is 2.75. The minimum absolute atomic E-state index is 1.07. The van der Waals surface area contributed by atoms with Crippen LogP contribution in [0, 0.1) is 6.92 Å². The maximum atomic E-state index is 2.41. The fourth-order valence-corrected chi connectivity index (χ4v) is 2.96. The number of fused-ring (bicyclic) bond motifs is 3. The lowest BCUT2D eigenvalue weighted by atomic mass is 10.0. The third-order valence-electron chi connectivity index (χ3n) is 3.83. The third kappa shape index (κ3) is 1.68. The third-order valence-corrected chi connectivity index (χ3v) is 3.83. The average Bonchev–Trinajstić information content (AvgIpc) is 2.64. The van der Waals surface area contributed by atoms with Gasteiger partial charge in [-0.1, -0.05) is 17.7 Å². The molecule has 0 radical (unpaired) electrons. The Bertz CT molecular complexity index is 620. The Labute approximate surface area is 109 Å². The van der Waals surface area contributed by atoms with E-state index in [1.165, 1.54) is 27.7 Å². The van der Waals surface area contributed by atoms with E-state index in [0.29, 0.717) is 0 Å². The highest BCUT2D eigenvalue weighted by molar-refractivity contribution is 5.88. The van der Waals surface area contributed by atoms with Gasteiger partial charge >= 0.3 is 0 Å². The Balaban J connectivity index is 2.33. The molecule has 2 heteroatoms. The highest BCUT2D eigenvalue weighted by atomic mass is 15.1. The topological polar surface area (TPSA) is 8.17 Å². The standard InChI is InChI=1S/C16H20N2/c1-4-8-18-15-6-5-12(2)10-13(15)14-11-17(3)9-7-16(14)18/h4-6,8,10H,7,9,11H2,1-3H3. The number of benzene rings is 1. The molecule has 94 valence electrons. The first kappa shape index (κ1) is 11.5. The van der Waals surface area contributed by atoms with Crippen LogP contribution < -0.4 is 0 Å². The molecule has 18 heavy (non-hydrogen) atoms. The van der Waals surface area contributed by atoms with E-state index >= 15 is 0 Å². The minimum atomic E-state index is 1.07. The molecule has 1 aromatic carbocycles. The maximum absolute atomic E-state index is 2.41. The molecule has 0 amide bonds. The molecule has 0 fully saturated rings. The molecular weight excluding hydrogens is 220 g/mol. The molecule has 1 aliphatic rings. The van der Waals surface area contributed by atoms with E-state index in [0.717, 1.165) is 19.5 Å². The van der Waals surface area contributed by atoms with Gasteiger partial charge in [0, 0.05) is 36.8 Å². The lowest BCUT2D eigenvalue weighted by molar-refractivity contribution is 0.312. The zero-order valence-corrected chi connectivity index (χ0v) is 11.4. The summed E-state index contributed by atoms with van der Waals surface area (Å²) >= 11 is 0. The van der Waals surface area contributed by atoms with Crippen LogP contribution in [0.5, 0.6) is 0 Å². The Morgan fingerprint density at radius 2 is 2.11 bits per heavy atom. The van der Waals surface area contributed by atoms with Gasteiger partial charge in [0.2, 0.25) is 0 Å². The molecule has 0 aliphatic carbocycles. The van der Waals surface area contributed by atoms with Gasteiger partial charge in [0.15, 0.2) is 0 Å². The van der Waals surface area contributed by atoms with Crippen LogP contribution in [0.2, 0.25) is 0 Å². The van der Waals surface area contributed by atoms with Gasteiger partial charge in [-0.05, 0) is 38.6 Å². The van der Waals surface area contributed by atoms with Crippen molar-refractivity contribution in [3.63, 3.8) is 0 Å². The number of aryl methyl sites for hydroxylation is 1. The molecule has 1 aromatic heterocycles. The van der Waals surface area contributed by atoms with Crippen molar-refractivity contribution in [3.05, 3.63) is 41.1 Å². The highest BCUT2D eigenvalue weighted by Crippen LogP contribution is 2.31. The summed E-state index contributed by atoms with van der Waals surface area (Å²) in [6.45, 7) is 6.48. The van der Waals surface area contributed by atoms with Crippen molar-refractivity contribution in [1.29, 1.82) is 0 Å². The molecule has 0 spiro atoms. The zero-order valence-electron chi connectivity index (χ0n) is 11.4. The summed E-state index contributed by atoms with van der Waals surface area (Å²) in [6, 6.07) is 6.79. The van der Waals surface area contributed by atoms with Gasteiger partial charge in [0.1, 0.15) is 0 Å². The first-order valence-corrected chi connectivity index (χ1v) is 6.64. The van der Waals surface area contributed by atoms with Gasteiger partial charge in [-0.15, -0.1) is 0 Å². The van der Waals surface area contributed by atoms with Gasteiger partial charge in [0.05, 0.1) is 5.52 Å². The smallest absolute Gasteiger partial charge is 0.0528 e. The van der Waals surface area contributed by atoms with Crippen LogP contribution in [0.4, 0.5) is 0 Å². The predicted octanol–water partition coefficient (Wildman–Crippen LogP) is 3.43. The number of likely N-dealkylation sites (N-methyl/N-ethyl adjacent to an activating group) is 1. The van der Waals surface area contributed by atoms with Crippen molar-refractivity contribution >= 4 is 17.1 Å². The summed E-state index contributed by atoms with van der Waals surface area (Å²) in [4.78, 5) is 2.41. The van der Waals surface area contributed by atoms with Crippen LogP contribution >= 0.6 is 0 Å². The van der Waals surface area contributed by atoms with Crippen LogP contribution in [-0.2, 0) is 13.0 Å².